The molecule has 0 bridgehead atoms. The van der Waals surface area contributed by atoms with Gasteiger partial charge in [-0.1, -0.05) is 18.2 Å². The Morgan fingerprint density at radius 1 is 1.24 bits per heavy atom. The second kappa shape index (κ2) is 6.13. The monoisotopic (exact) mass is 346 g/mol. The van der Waals surface area contributed by atoms with Crippen LogP contribution < -0.4 is 4.74 Å². The molecule has 3 rings (SSSR count). The number of methoxy groups -OCH3 is 1. The van der Waals surface area contributed by atoms with Crippen molar-refractivity contribution in [3.63, 3.8) is 0 Å². The Kier molecular flexibility index (Phi) is 4.13. The number of fused-ring (bicyclic) bond motifs is 1. The molecule has 4 nitrogen and oxygen atoms in total. The van der Waals surface area contributed by atoms with Crippen molar-refractivity contribution in [3.8, 4) is 11.8 Å². The van der Waals surface area contributed by atoms with Crippen molar-refractivity contribution >= 4 is 5.91 Å². The molecular formula is C18H13F3N2O2. The van der Waals surface area contributed by atoms with Gasteiger partial charge in [-0.25, -0.2) is 0 Å². The maximum Gasteiger partial charge on any atom is 0.416 e. The molecule has 2 aromatic rings. The van der Waals surface area contributed by atoms with Crippen molar-refractivity contribution in [1.82, 2.24) is 4.90 Å². The summed E-state index contributed by atoms with van der Waals surface area (Å²) in [6, 6.07) is 10.7. The fourth-order valence-corrected chi connectivity index (χ4v) is 2.92. The van der Waals surface area contributed by atoms with Crippen LogP contribution in [0.2, 0.25) is 0 Å². The summed E-state index contributed by atoms with van der Waals surface area (Å²) in [5.74, 6) is 0.0695. The molecule has 0 aromatic heterocycles. The third kappa shape index (κ3) is 2.91. The molecule has 25 heavy (non-hydrogen) atoms. The maximum absolute atomic E-state index is 12.9. The Hall–Kier alpha value is -3.01. The smallest absolute Gasteiger partial charge is 0.416 e. The molecule has 7 heteroatoms. The molecule has 0 radical (unpaired) electrons. The Bertz CT molecular complexity index is 871. The topological polar surface area (TPSA) is 53.3 Å². The summed E-state index contributed by atoms with van der Waals surface area (Å²) < 4.78 is 44.0. The van der Waals surface area contributed by atoms with E-state index in [1.807, 2.05) is 6.07 Å². The lowest BCUT2D eigenvalue weighted by Gasteiger charge is -2.21. The molecule has 0 spiro atoms. The van der Waals surface area contributed by atoms with Gasteiger partial charge < -0.3 is 9.64 Å². The summed E-state index contributed by atoms with van der Waals surface area (Å²) in [6.07, 6.45) is -4.53. The lowest BCUT2D eigenvalue weighted by atomic mass is 10.0. The molecule has 128 valence electrons. The highest BCUT2D eigenvalue weighted by atomic mass is 19.4. The molecule has 0 N–H and O–H groups in total. The summed E-state index contributed by atoms with van der Waals surface area (Å²) in [4.78, 5) is 13.8. The van der Waals surface area contributed by atoms with Gasteiger partial charge >= 0.3 is 6.18 Å². The number of hydrogen-bond donors (Lipinski definition) is 0. The van der Waals surface area contributed by atoms with Crippen LogP contribution in [0.15, 0.2) is 42.5 Å². The lowest BCUT2D eigenvalue weighted by Crippen LogP contribution is -2.27. The van der Waals surface area contributed by atoms with Crippen molar-refractivity contribution in [1.29, 1.82) is 5.26 Å². The van der Waals surface area contributed by atoms with E-state index < -0.39 is 23.7 Å². The van der Waals surface area contributed by atoms with Crippen molar-refractivity contribution < 1.29 is 22.7 Å². The first-order chi connectivity index (χ1) is 11.9. The van der Waals surface area contributed by atoms with Crippen molar-refractivity contribution in [2.45, 2.75) is 18.8 Å². The van der Waals surface area contributed by atoms with E-state index in [-0.39, 0.29) is 17.7 Å². The number of halogens is 3. The molecule has 1 atom stereocenters. The highest BCUT2D eigenvalue weighted by Crippen LogP contribution is 2.39. The number of rotatable bonds is 3. The van der Waals surface area contributed by atoms with Crippen LogP contribution in [0.5, 0.6) is 5.75 Å². The first-order valence-electron chi connectivity index (χ1n) is 7.40. The number of nitriles is 1. The van der Waals surface area contributed by atoms with Gasteiger partial charge in [0.25, 0.3) is 5.91 Å². The number of amides is 1. The average Bonchev–Trinajstić information content (AvgIpc) is 2.86. The predicted octanol–water partition coefficient (Wildman–Crippen LogP) is 3.93. The number of nitrogens with zero attached hydrogens (tertiary/aromatic N) is 2. The van der Waals surface area contributed by atoms with Gasteiger partial charge in [-0.2, -0.15) is 18.4 Å². The van der Waals surface area contributed by atoms with Crippen LogP contribution in [0.1, 0.15) is 33.1 Å². The van der Waals surface area contributed by atoms with E-state index in [0.717, 1.165) is 18.2 Å². The molecule has 1 aliphatic heterocycles. The first-order valence-corrected chi connectivity index (χ1v) is 7.40. The summed E-state index contributed by atoms with van der Waals surface area (Å²) in [6.45, 7) is 0.0666. The Morgan fingerprint density at radius 2 is 1.96 bits per heavy atom. The van der Waals surface area contributed by atoms with Gasteiger partial charge in [0.15, 0.2) is 0 Å². The number of carbonyl (C=O) groups is 1. The van der Waals surface area contributed by atoms with Crippen LogP contribution in [0.25, 0.3) is 0 Å². The molecule has 2 aromatic carbocycles. The van der Waals surface area contributed by atoms with E-state index in [2.05, 4.69) is 0 Å². The molecule has 0 aliphatic carbocycles. The van der Waals surface area contributed by atoms with Crippen LogP contribution in [-0.2, 0) is 12.7 Å². The van der Waals surface area contributed by atoms with Crippen molar-refractivity contribution in [2.24, 2.45) is 0 Å². The van der Waals surface area contributed by atoms with Crippen LogP contribution in [0.3, 0.4) is 0 Å². The Morgan fingerprint density at radius 3 is 2.60 bits per heavy atom. The maximum atomic E-state index is 12.9. The SMILES string of the molecule is COc1ccccc1CN1C(=O)c2ccc(C(F)(F)F)cc2C1C#N. The summed E-state index contributed by atoms with van der Waals surface area (Å²) in [5, 5.41) is 9.44. The third-order valence-corrected chi connectivity index (χ3v) is 4.13. The van der Waals surface area contributed by atoms with Gasteiger partial charge in [0.05, 0.1) is 25.3 Å². The second-order valence-electron chi connectivity index (χ2n) is 5.58. The first kappa shape index (κ1) is 16.8. The zero-order valence-corrected chi connectivity index (χ0v) is 13.2. The molecule has 0 saturated carbocycles. The number of carbonyl (C=O) groups excluding carboxylic acids is 1. The number of alkyl halides is 3. The molecule has 1 heterocycles. The molecule has 1 unspecified atom stereocenters. The van der Waals surface area contributed by atoms with Gasteiger partial charge in [-0.15, -0.1) is 0 Å². The number of benzene rings is 2. The van der Waals surface area contributed by atoms with Gasteiger partial charge in [-0.05, 0) is 24.3 Å². The van der Waals surface area contributed by atoms with Crippen LogP contribution in [0, 0.1) is 11.3 Å². The molecule has 1 amide bonds. The fraction of sp³-hybridized carbons (Fsp3) is 0.222. The fourth-order valence-electron chi connectivity index (χ4n) is 2.92. The normalized spacial score (nSPS) is 16.5. The van der Waals surface area contributed by atoms with E-state index in [4.69, 9.17) is 4.74 Å². The van der Waals surface area contributed by atoms with Gasteiger partial charge in [0.2, 0.25) is 0 Å². The number of para-hydroxylation sites is 1. The van der Waals surface area contributed by atoms with Gasteiger partial charge in [0, 0.05) is 16.7 Å². The van der Waals surface area contributed by atoms with Gasteiger partial charge in [0.1, 0.15) is 11.8 Å². The standard InChI is InChI=1S/C18H13F3N2O2/c1-25-16-5-3-2-4-11(16)10-23-15(9-22)14-8-12(18(19,20)21)6-7-13(14)17(23)24/h2-8,15H,10H2,1H3. The zero-order valence-electron chi connectivity index (χ0n) is 13.2. The van der Waals surface area contributed by atoms with Crippen LogP contribution in [-0.4, -0.2) is 17.9 Å². The molecular weight excluding hydrogens is 333 g/mol. The van der Waals surface area contributed by atoms with Crippen molar-refractivity contribution in [2.75, 3.05) is 7.11 Å². The highest BCUT2D eigenvalue weighted by Gasteiger charge is 2.40. The zero-order chi connectivity index (χ0) is 18.2. The lowest BCUT2D eigenvalue weighted by molar-refractivity contribution is -0.137. The van der Waals surface area contributed by atoms with Crippen LogP contribution in [0.4, 0.5) is 13.2 Å². The van der Waals surface area contributed by atoms with E-state index >= 15 is 0 Å². The Balaban J connectivity index is 2.00. The van der Waals surface area contributed by atoms with Crippen LogP contribution >= 0.6 is 0 Å². The Labute approximate surface area is 142 Å². The second-order valence-corrected chi connectivity index (χ2v) is 5.58. The summed E-state index contributed by atoms with van der Waals surface area (Å²) in [5.41, 5.74) is -0.00689. The highest BCUT2D eigenvalue weighted by molar-refractivity contribution is 5.99. The number of ether oxygens (including phenoxy) is 1. The van der Waals surface area contributed by atoms with E-state index in [1.165, 1.54) is 12.0 Å². The molecule has 1 aliphatic rings. The minimum atomic E-state index is -4.53. The van der Waals surface area contributed by atoms with Gasteiger partial charge in [-0.3, -0.25) is 4.79 Å². The van der Waals surface area contributed by atoms with E-state index in [9.17, 15) is 23.2 Å². The largest absolute Gasteiger partial charge is 0.496 e. The third-order valence-electron chi connectivity index (χ3n) is 4.13. The molecule has 0 fully saturated rings. The minimum absolute atomic E-state index is 0.0666. The predicted molar refractivity (Wildman–Crippen MR) is 82.7 cm³/mol. The average molecular weight is 346 g/mol. The minimum Gasteiger partial charge on any atom is -0.496 e. The van der Waals surface area contributed by atoms with Crippen molar-refractivity contribution in [3.05, 3.63) is 64.7 Å². The summed E-state index contributed by atoms with van der Waals surface area (Å²) in [7, 11) is 1.48. The van der Waals surface area contributed by atoms with E-state index in [1.54, 1.807) is 24.3 Å². The van der Waals surface area contributed by atoms with E-state index in [0.29, 0.717) is 11.3 Å². The molecule has 0 saturated heterocycles. The summed E-state index contributed by atoms with van der Waals surface area (Å²) >= 11 is 0. The number of hydrogen-bond acceptors (Lipinski definition) is 3. The quantitative estimate of drug-likeness (QED) is 0.846.